The Balaban J connectivity index is 1.84. The van der Waals surface area contributed by atoms with Gasteiger partial charge in [0, 0.05) is 18.1 Å². The number of esters is 1. The number of ether oxygens (including phenoxy) is 1. The Hall–Kier alpha value is -0.800. The number of likely N-dealkylation sites (tertiary alicyclic amines) is 1. The van der Waals surface area contributed by atoms with Crippen molar-refractivity contribution in [3.05, 3.63) is 22.8 Å². The van der Waals surface area contributed by atoms with Crippen molar-refractivity contribution < 1.29 is 9.53 Å². The molecule has 0 saturated carbocycles. The fourth-order valence-corrected chi connectivity index (χ4v) is 2.57. The Labute approximate surface area is 107 Å². The van der Waals surface area contributed by atoms with Crippen LogP contribution in [-0.4, -0.2) is 37.6 Å². The van der Waals surface area contributed by atoms with Gasteiger partial charge < -0.3 is 4.74 Å². The van der Waals surface area contributed by atoms with E-state index in [-0.39, 0.29) is 11.9 Å². The molecule has 1 aliphatic carbocycles. The first-order valence-corrected chi connectivity index (χ1v) is 6.41. The minimum atomic E-state index is -0.0759. The standard InChI is InChI=1S/C13H18ClNO2/c1-17-13(16)11-6-7-15(9-11)8-10-2-4-12(14)5-3-10/h2,4,11H,3,5-9H2,1H3. The zero-order valence-corrected chi connectivity index (χ0v) is 10.9. The normalized spacial score (nSPS) is 25.4. The zero-order valence-electron chi connectivity index (χ0n) is 10.1. The molecule has 0 aromatic heterocycles. The van der Waals surface area contributed by atoms with Crippen LogP contribution >= 0.6 is 11.6 Å². The maximum atomic E-state index is 11.4. The summed E-state index contributed by atoms with van der Waals surface area (Å²) in [6, 6.07) is 0. The van der Waals surface area contributed by atoms with Gasteiger partial charge in [-0.3, -0.25) is 9.69 Å². The molecule has 0 amide bonds. The summed E-state index contributed by atoms with van der Waals surface area (Å²) >= 11 is 5.92. The first-order valence-electron chi connectivity index (χ1n) is 6.03. The third-order valence-electron chi connectivity index (χ3n) is 3.42. The largest absolute Gasteiger partial charge is 0.469 e. The van der Waals surface area contributed by atoms with Crippen LogP contribution in [0.15, 0.2) is 22.8 Å². The number of hydrogen-bond acceptors (Lipinski definition) is 3. The van der Waals surface area contributed by atoms with Gasteiger partial charge in [-0.05, 0) is 31.9 Å². The number of rotatable bonds is 3. The molecule has 1 unspecified atom stereocenters. The molecule has 2 rings (SSSR count). The van der Waals surface area contributed by atoms with E-state index in [2.05, 4.69) is 11.0 Å². The summed E-state index contributed by atoms with van der Waals surface area (Å²) in [7, 11) is 1.46. The second-order valence-corrected chi connectivity index (χ2v) is 5.17. The number of halogens is 1. The summed E-state index contributed by atoms with van der Waals surface area (Å²) in [5, 5.41) is 0.933. The van der Waals surface area contributed by atoms with Crippen molar-refractivity contribution in [3.63, 3.8) is 0 Å². The highest BCUT2D eigenvalue weighted by molar-refractivity contribution is 6.29. The van der Waals surface area contributed by atoms with Crippen molar-refractivity contribution in [2.45, 2.75) is 19.3 Å². The van der Waals surface area contributed by atoms with E-state index in [1.165, 1.54) is 12.7 Å². The highest BCUT2D eigenvalue weighted by Gasteiger charge is 2.29. The van der Waals surface area contributed by atoms with Crippen LogP contribution in [0, 0.1) is 5.92 Å². The molecular weight excluding hydrogens is 238 g/mol. The highest BCUT2D eigenvalue weighted by atomic mass is 35.5. The van der Waals surface area contributed by atoms with Gasteiger partial charge in [0.05, 0.1) is 13.0 Å². The molecule has 0 aromatic rings. The third kappa shape index (κ3) is 3.33. The summed E-state index contributed by atoms with van der Waals surface area (Å²) < 4.78 is 4.78. The van der Waals surface area contributed by atoms with Gasteiger partial charge in [0.1, 0.15) is 0 Å². The van der Waals surface area contributed by atoms with Crippen molar-refractivity contribution >= 4 is 17.6 Å². The van der Waals surface area contributed by atoms with E-state index in [4.69, 9.17) is 16.3 Å². The maximum Gasteiger partial charge on any atom is 0.310 e. The molecule has 1 saturated heterocycles. The van der Waals surface area contributed by atoms with Gasteiger partial charge in [-0.15, -0.1) is 0 Å². The number of nitrogens with zero attached hydrogens (tertiary/aromatic N) is 1. The average Bonchev–Trinajstić information content (AvgIpc) is 2.80. The summed E-state index contributed by atoms with van der Waals surface area (Å²) in [5.74, 6) is -0.0172. The lowest BCUT2D eigenvalue weighted by molar-refractivity contribution is -0.144. The van der Waals surface area contributed by atoms with Crippen LogP contribution < -0.4 is 0 Å². The van der Waals surface area contributed by atoms with Gasteiger partial charge >= 0.3 is 5.97 Å². The van der Waals surface area contributed by atoms with Gasteiger partial charge in [-0.1, -0.05) is 23.3 Å². The zero-order chi connectivity index (χ0) is 12.3. The molecule has 0 radical (unpaired) electrons. The fraction of sp³-hybridized carbons (Fsp3) is 0.615. The van der Waals surface area contributed by atoms with Crippen LogP contribution in [0.2, 0.25) is 0 Å². The molecule has 17 heavy (non-hydrogen) atoms. The summed E-state index contributed by atoms with van der Waals surface area (Å²) in [4.78, 5) is 13.7. The Morgan fingerprint density at radius 3 is 3.00 bits per heavy atom. The maximum absolute atomic E-state index is 11.4. The van der Waals surface area contributed by atoms with Crippen molar-refractivity contribution in [2.75, 3.05) is 26.7 Å². The third-order valence-corrected chi connectivity index (χ3v) is 3.73. The van der Waals surface area contributed by atoms with Gasteiger partial charge in [-0.2, -0.15) is 0 Å². The van der Waals surface area contributed by atoms with Gasteiger partial charge in [-0.25, -0.2) is 0 Å². The van der Waals surface area contributed by atoms with Crippen molar-refractivity contribution in [1.29, 1.82) is 0 Å². The Morgan fingerprint density at radius 2 is 2.35 bits per heavy atom. The molecule has 0 N–H and O–H groups in total. The lowest BCUT2D eigenvalue weighted by Crippen LogP contribution is -2.26. The van der Waals surface area contributed by atoms with Crippen molar-refractivity contribution in [1.82, 2.24) is 4.90 Å². The molecule has 3 nitrogen and oxygen atoms in total. The van der Waals surface area contributed by atoms with E-state index in [9.17, 15) is 4.79 Å². The fourth-order valence-electron chi connectivity index (χ4n) is 2.41. The number of hydrogen-bond donors (Lipinski definition) is 0. The van der Waals surface area contributed by atoms with Crippen molar-refractivity contribution in [3.8, 4) is 0 Å². The van der Waals surface area contributed by atoms with Crippen LogP contribution in [0.4, 0.5) is 0 Å². The lowest BCUT2D eigenvalue weighted by atomic mass is 10.0. The Bertz CT molecular complexity index is 362. The summed E-state index contributed by atoms with van der Waals surface area (Å²) in [6.07, 6.45) is 6.98. The smallest absolute Gasteiger partial charge is 0.310 e. The summed E-state index contributed by atoms with van der Waals surface area (Å²) in [5.41, 5.74) is 1.40. The van der Waals surface area contributed by atoms with Crippen LogP contribution in [0.1, 0.15) is 19.3 Å². The Morgan fingerprint density at radius 1 is 1.53 bits per heavy atom. The van der Waals surface area contributed by atoms with Gasteiger partial charge in [0.15, 0.2) is 0 Å². The molecule has 1 aliphatic heterocycles. The first kappa shape index (κ1) is 12.7. The average molecular weight is 256 g/mol. The summed E-state index contributed by atoms with van der Waals surface area (Å²) in [6.45, 7) is 2.75. The molecular formula is C13H18ClNO2. The van der Waals surface area contributed by atoms with Crippen molar-refractivity contribution in [2.24, 2.45) is 5.92 Å². The molecule has 1 heterocycles. The molecule has 0 aromatic carbocycles. The van der Waals surface area contributed by atoms with E-state index in [0.29, 0.717) is 0 Å². The number of carbonyl (C=O) groups is 1. The first-order chi connectivity index (χ1) is 8.19. The van der Waals surface area contributed by atoms with E-state index < -0.39 is 0 Å². The number of methoxy groups -OCH3 is 1. The topological polar surface area (TPSA) is 29.5 Å². The van der Waals surface area contributed by atoms with Gasteiger partial charge in [0.25, 0.3) is 0 Å². The van der Waals surface area contributed by atoms with Crippen LogP contribution in [0.3, 0.4) is 0 Å². The SMILES string of the molecule is COC(=O)C1CCN(CC2=CC=C(Cl)CC2)C1. The monoisotopic (exact) mass is 255 g/mol. The molecule has 2 aliphatic rings. The van der Waals surface area contributed by atoms with E-state index >= 15 is 0 Å². The second-order valence-electron chi connectivity index (χ2n) is 4.68. The molecule has 4 heteroatoms. The highest BCUT2D eigenvalue weighted by Crippen LogP contribution is 2.24. The number of carbonyl (C=O) groups excluding carboxylic acids is 1. The van der Waals surface area contributed by atoms with Crippen LogP contribution in [0.5, 0.6) is 0 Å². The molecule has 0 spiro atoms. The molecule has 0 bridgehead atoms. The van der Waals surface area contributed by atoms with E-state index in [1.54, 1.807) is 0 Å². The van der Waals surface area contributed by atoms with Crippen LogP contribution in [-0.2, 0) is 9.53 Å². The predicted molar refractivity (Wildman–Crippen MR) is 67.8 cm³/mol. The minimum absolute atomic E-state index is 0.0586. The molecule has 1 atom stereocenters. The number of allylic oxidation sites excluding steroid dienone is 3. The second kappa shape index (κ2) is 5.69. The Kier molecular flexibility index (Phi) is 4.24. The van der Waals surface area contributed by atoms with E-state index in [1.807, 2.05) is 6.08 Å². The van der Waals surface area contributed by atoms with E-state index in [0.717, 1.165) is 43.9 Å². The van der Waals surface area contributed by atoms with Gasteiger partial charge in [0.2, 0.25) is 0 Å². The lowest BCUT2D eigenvalue weighted by Gasteiger charge is -2.19. The molecule has 94 valence electrons. The molecule has 1 fully saturated rings. The minimum Gasteiger partial charge on any atom is -0.469 e. The quantitative estimate of drug-likeness (QED) is 0.725. The predicted octanol–water partition coefficient (Wildman–Crippen LogP) is 2.32. The van der Waals surface area contributed by atoms with Crippen LogP contribution in [0.25, 0.3) is 0 Å².